The molecular formula is C45H70N8O6S7. The fourth-order valence-electron chi connectivity index (χ4n) is 9.70. The number of esters is 1. The van der Waals surface area contributed by atoms with Gasteiger partial charge in [0, 0.05) is 98.1 Å². The van der Waals surface area contributed by atoms with E-state index in [1.807, 2.05) is 18.5 Å². The van der Waals surface area contributed by atoms with Gasteiger partial charge in [0.25, 0.3) is 5.91 Å². The maximum absolute atomic E-state index is 14.3. The van der Waals surface area contributed by atoms with Gasteiger partial charge in [0.1, 0.15) is 12.1 Å². The van der Waals surface area contributed by atoms with E-state index < -0.39 is 23.5 Å². The maximum Gasteiger partial charge on any atom is 0.324 e. The fourth-order valence-corrected chi connectivity index (χ4v) is 10.6. The molecule has 4 aromatic rings. The highest BCUT2D eigenvalue weighted by atomic mass is 32.1. The highest BCUT2D eigenvalue weighted by molar-refractivity contribution is 7.60. The number of benzene rings is 1. The minimum Gasteiger partial charge on any atom is -0.464 e. The van der Waals surface area contributed by atoms with Gasteiger partial charge in [-0.3, -0.25) is 24.4 Å². The number of anilines is 1. The molecule has 1 aliphatic carbocycles. The van der Waals surface area contributed by atoms with Crippen molar-refractivity contribution in [3.8, 4) is 22.5 Å². The summed E-state index contributed by atoms with van der Waals surface area (Å²) in [6, 6.07) is 7.27. The molecule has 21 heteroatoms. The van der Waals surface area contributed by atoms with Gasteiger partial charge < -0.3 is 33.9 Å². The van der Waals surface area contributed by atoms with Crippen molar-refractivity contribution in [2.24, 2.45) is 17.3 Å². The van der Waals surface area contributed by atoms with Gasteiger partial charge in [-0.1, -0.05) is 19.9 Å². The Morgan fingerprint density at radius 2 is 1.79 bits per heavy atom. The molecule has 3 saturated heterocycles. The van der Waals surface area contributed by atoms with Crippen LogP contribution in [0.2, 0.25) is 0 Å². The van der Waals surface area contributed by atoms with E-state index in [4.69, 9.17) is 24.2 Å². The molecule has 2 N–H and O–H groups in total. The third-order valence-corrected chi connectivity index (χ3v) is 14.1. The summed E-state index contributed by atoms with van der Waals surface area (Å²) in [7, 11) is 3.89. The average molecular weight is 1040 g/mol. The van der Waals surface area contributed by atoms with Crippen LogP contribution >= 0.6 is 92.3 Å². The fraction of sp³-hybridized carbons (Fsp3) is 0.578. The first-order chi connectivity index (χ1) is 28.9. The van der Waals surface area contributed by atoms with Crippen LogP contribution in [0.25, 0.3) is 33.4 Å². The van der Waals surface area contributed by atoms with Gasteiger partial charge in [-0.25, -0.2) is 10.4 Å². The number of thiazole rings is 1. The Morgan fingerprint density at radius 1 is 1.05 bits per heavy atom. The minimum absolute atomic E-state index is 0. The molecule has 0 radical (unpaired) electrons. The van der Waals surface area contributed by atoms with Gasteiger partial charge in [0.2, 0.25) is 5.91 Å². The number of amides is 2. The van der Waals surface area contributed by atoms with E-state index in [2.05, 4.69) is 77.2 Å². The number of nitrogens with one attached hydrogen (secondary N) is 2. The Balaban J connectivity index is 0.00000193. The van der Waals surface area contributed by atoms with Crippen LogP contribution < -0.4 is 15.6 Å². The molecule has 6 atom stereocenters. The number of carbonyl (C=O) groups is 3. The van der Waals surface area contributed by atoms with E-state index in [0.29, 0.717) is 32.4 Å². The summed E-state index contributed by atoms with van der Waals surface area (Å²) in [5, 5.41) is 8.45. The summed E-state index contributed by atoms with van der Waals surface area (Å²) in [6.07, 6.45) is 4.51. The van der Waals surface area contributed by atoms with E-state index in [1.165, 1.54) is 16.3 Å². The molecule has 5 aliphatic rings. The van der Waals surface area contributed by atoms with Crippen molar-refractivity contribution < 1.29 is 28.6 Å². The number of aromatic nitrogens is 3. The van der Waals surface area contributed by atoms with Gasteiger partial charge in [0.05, 0.1) is 58.7 Å². The third-order valence-electron chi connectivity index (χ3n) is 13.2. The summed E-state index contributed by atoms with van der Waals surface area (Å²) in [5.74, 6) is -0.893. The van der Waals surface area contributed by atoms with Gasteiger partial charge in [-0.2, -0.15) is 81.0 Å². The van der Waals surface area contributed by atoms with Crippen LogP contribution in [0.5, 0.6) is 0 Å². The highest BCUT2D eigenvalue weighted by Crippen LogP contribution is 2.49. The normalized spacial score (nSPS) is 24.0. The number of hydrogen-bond acceptors (Lipinski definition) is 12. The molecule has 66 heavy (non-hydrogen) atoms. The van der Waals surface area contributed by atoms with Crippen LogP contribution in [-0.4, -0.2) is 121 Å². The Labute approximate surface area is 435 Å². The Kier molecular flexibility index (Phi) is 21.1. The molecule has 9 rings (SSSR count). The van der Waals surface area contributed by atoms with Crippen molar-refractivity contribution in [1.82, 2.24) is 35.2 Å². The van der Waals surface area contributed by atoms with Crippen LogP contribution in [0.3, 0.4) is 0 Å². The largest absolute Gasteiger partial charge is 0.464 e. The van der Waals surface area contributed by atoms with E-state index >= 15 is 0 Å². The number of nitrogens with zero attached hydrogens (tertiary/aromatic N) is 6. The smallest absolute Gasteiger partial charge is 0.324 e. The molecule has 1 saturated carbocycles. The highest BCUT2D eigenvalue weighted by Gasteiger charge is 2.59. The molecule has 368 valence electrons. The van der Waals surface area contributed by atoms with Crippen molar-refractivity contribution in [2.75, 3.05) is 65.0 Å². The molecule has 0 spiro atoms. The zero-order valence-corrected chi connectivity index (χ0v) is 45.5. The van der Waals surface area contributed by atoms with Crippen LogP contribution in [0.4, 0.5) is 5.69 Å². The van der Waals surface area contributed by atoms with Crippen molar-refractivity contribution in [3.05, 3.63) is 52.1 Å². The lowest BCUT2D eigenvalue weighted by Crippen LogP contribution is -2.60. The van der Waals surface area contributed by atoms with Gasteiger partial charge >= 0.3 is 5.97 Å². The molecule has 4 fully saturated rings. The van der Waals surface area contributed by atoms with E-state index in [0.717, 1.165) is 94.5 Å². The summed E-state index contributed by atoms with van der Waals surface area (Å²) < 4.78 is 20.3. The summed E-state index contributed by atoms with van der Waals surface area (Å²) in [4.78, 5) is 56.7. The first kappa shape index (κ1) is 58.0. The van der Waals surface area contributed by atoms with E-state index in [-0.39, 0.29) is 130 Å². The van der Waals surface area contributed by atoms with Crippen molar-refractivity contribution in [3.63, 3.8) is 0 Å². The van der Waals surface area contributed by atoms with Crippen molar-refractivity contribution in [2.45, 2.75) is 90.6 Å². The first-order valence-electron chi connectivity index (χ1n) is 21.7. The predicted octanol–water partition coefficient (Wildman–Crippen LogP) is 5.67. The number of piperazine rings is 1. The second-order valence-electron chi connectivity index (χ2n) is 18.1. The van der Waals surface area contributed by atoms with E-state index in [1.54, 1.807) is 7.11 Å². The summed E-state index contributed by atoms with van der Waals surface area (Å²) >= 11 is 1.48. The van der Waals surface area contributed by atoms with Gasteiger partial charge in [0.15, 0.2) is 0 Å². The predicted molar refractivity (Wildman–Crippen MR) is 293 cm³/mol. The SMILES string of the molecule is CCn1c(-c2cc(N3CCN(C)CC3)cnc2[C@H](C)OC)c2c3cc(ccc31)-c1csc(n1)C[C@H](NC(=O)[C@H]1[C@@H]3CCO[C@@H]31)C(=O)N1CCC[C@H](N1)C(=O)OCC(C)(C)C2.S.S.S.S.S.S. The molecule has 0 unspecified atom stereocenters. The molecule has 7 heterocycles. The number of ether oxygens (including phenoxy) is 3. The molecule has 3 aromatic heterocycles. The van der Waals surface area contributed by atoms with Crippen molar-refractivity contribution in [1.29, 1.82) is 0 Å². The summed E-state index contributed by atoms with van der Waals surface area (Å²) in [6.45, 7) is 14.3. The zero-order chi connectivity index (χ0) is 41.9. The number of likely N-dealkylation sites (N-methyl/N-ethyl adjacent to an activating group) is 1. The lowest BCUT2D eigenvalue weighted by atomic mass is 9.84. The average Bonchev–Trinajstić information content (AvgIpc) is 3.58. The number of rotatable bonds is 7. The van der Waals surface area contributed by atoms with Crippen LogP contribution in [-0.2, 0) is 48.0 Å². The molecule has 2 amide bonds. The Bertz CT molecular complexity index is 2300. The number of fused-ring (bicyclic) bond motifs is 7. The number of methoxy groups -OCH3 is 1. The number of pyridine rings is 1. The zero-order valence-electron chi connectivity index (χ0n) is 38.7. The number of aryl methyl sites for hydroxylation is 1. The summed E-state index contributed by atoms with van der Waals surface area (Å²) in [5.41, 5.74) is 10.8. The van der Waals surface area contributed by atoms with Crippen LogP contribution in [0.1, 0.15) is 69.3 Å². The Morgan fingerprint density at radius 3 is 2.47 bits per heavy atom. The molecule has 1 aromatic carbocycles. The van der Waals surface area contributed by atoms with Crippen molar-refractivity contribution >= 4 is 127 Å². The number of cyclic esters (lactones) is 1. The molecule has 6 bridgehead atoms. The monoisotopic (exact) mass is 1040 g/mol. The van der Waals surface area contributed by atoms with Gasteiger partial charge in [-0.15, -0.1) is 11.3 Å². The standard InChI is InChI=1S/C45H58N8O6S.6H2S/c1-7-52-36-11-10-27-19-30(36)32(40(52)31-20-28(23-46-39(31)26(2)57-6)51-16-14-50(5)15-17-51)22-45(3,4)25-59-44(56)33-9-8-13-53(49-33)43(55)34(21-37-47-35(27)24-60-37)48-42(54)38-29-12-18-58-41(29)38;;;;;;/h10-11,19-20,23-24,26,29,33-34,38,41,49H,7-9,12-18,21-22,25H2,1-6H3,(H,48,54);6*1H2/t26-,29-,33-,34-,38-,41-;;;;;;/m0....../s1. The Hall–Kier alpha value is -2.31. The lowest BCUT2D eigenvalue weighted by molar-refractivity contribution is -0.155. The van der Waals surface area contributed by atoms with E-state index in [9.17, 15) is 14.4 Å². The second-order valence-corrected chi connectivity index (χ2v) is 19.0. The molecule has 14 nitrogen and oxygen atoms in total. The molecular weight excluding hydrogens is 973 g/mol. The van der Waals surface area contributed by atoms with Crippen LogP contribution in [0.15, 0.2) is 35.8 Å². The first-order valence-corrected chi connectivity index (χ1v) is 22.5. The minimum atomic E-state index is -0.868. The van der Waals surface area contributed by atoms with Gasteiger partial charge in [-0.05, 0) is 70.3 Å². The number of carbonyl (C=O) groups excluding carboxylic acids is 3. The number of hydrazine groups is 1. The number of hydrogen-bond donors (Lipinski definition) is 2. The molecule has 4 aliphatic heterocycles. The topological polar surface area (TPSA) is 143 Å². The maximum atomic E-state index is 14.3. The quantitative estimate of drug-likeness (QED) is 0.222. The third kappa shape index (κ3) is 11.6. The second kappa shape index (κ2) is 24.0. The van der Waals surface area contributed by atoms with Crippen LogP contribution in [0, 0.1) is 17.3 Å². The lowest BCUT2D eigenvalue weighted by Gasteiger charge is -2.35.